The van der Waals surface area contributed by atoms with E-state index < -0.39 is 31.6 Å². The number of hydrogen-bond acceptors (Lipinski definition) is 5. The van der Waals surface area contributed by atoms with E-state index in [1.165, 1.54) is 29.5 Å². The second-order valence-corrected chi connectivity index (χ2v) is 8.58. The molecule has 0 fully saturated rings. The standard InChI is InChI=1S/C24H16F2N4O2S/c1-29-19-10-18(21-15(23(29)31)3-2-4-20(21)32-24(25)26)30-17-9-13(5-7-14-11-27-12-33-14)6-8-16(17)28-22(19)30/h2-4,6,8-9,11-12,18-19,24H,10H2,1H3/t18-,19-/m1/s1/i1D3. The van der Waals surface area contributed by atoms with Gasteiger partial charge < -0.3 is 14.2 Å². The Morgan fingerprint density at radius 1 is 1.27 bits per heavy atom. The zero-order chi connectivity index (χ0) is 25.2. The van der Waals surface area contributed by atoms with E-state index in [1.54, 1.807) is 23.8 Å². The highest BCUT2D eigenvalue weighted by molar-refractivity contribution is 7.10. The van der Waals surface area contributed by atoms with Gasteiger partial charge in [0.2, 0.25) is 0 Å². The van der Waals surface area contributed by atoms with Crippen molar-refractivity contribution in [2.75, 3.05) is 6.98 Å². The quantitative estimate of drug-likeness (QED) is 0.406. The fourth-order valence-corrected chi connectivity index (χ4v) is 5.06. The van der Waals surface area contributed by atoms with Gasteiger partial charge in [-0.25, -0.2) is 4.98 Å². The van der Waals surface area contributed by atoms with Gasteiger partial charge in [0.15, 0.2) is 0 Å². The number of thiazole rings is 1. The summed E-state index contributed by atoms with van der Waals surface area (Å²) >= 11 is 1.42. The van der Waals surface area contributed by atoms with Gasteiger partial charge in [0.25, 0.3) is 5.91 Å². The number of halogens is 2. The van der Waals surface area contributed by atoms with E-state index in [1.807, 2.05) is 10.6 Å². The number of hydrogen-bond donors (Lipinski definition) is 0. The Morgan fingerprint density at radius 3 is 2.97 bits per heavy atom. The number of carbonyl (C=O) groups is 1. The summed E-state index contributed by atoms with van der Waals surface area (Å²) in [4.78, 5) is 23.8. The van der Waals surface area contributed by atoms with Crippen molar-refractivity contribution in [3.63, 3.8) is 0 Å². The molecule has 0 saturated heterocycles. The first-order chi connectivity index (χ1) is 17.2. The molecule has 0 radical (unpaired) electrons. The van der Waals surface area contributed by atoms with Crippen LogP contribution in [-0.4, -0.2) is 38.9 Å². The first-order valence-electron chi connectivity index (χ1n) is 11.6. The molecule has 0 spiro atoms. The molecule has 6 nitrogen and oxygen atoms in total. The molecule has 4 heterocycles. The monoisotopic (exact) mass is 465 g/mol. The van der Waals surface area contributed by atoms with Gasteiger partial charge in [-0.15, -0.1) is 11.3 Å². The van der Waals surface area contributed by atoms with Crippen LogP contribution in [0.5, 0.6) is 5.75 Å². The lowest BCUT2D eigenvalue weighted by Gasteiger charge is -2.24. The maximum atomic E-state index is 13.5. The van der Waals surface area contributed by atoms with Gasteiger partial charge in [0.05, 0.1) is 39.7 Å². The molecule has 2 aromatic heterocycles. The number of rotatable bonds is 2. The first-order valence-corrected chi connectivity index (χ1v) is 10.9. The number of aromatic nitrogens is 3. The molecular weight excluding hydrogens is 446 g/mol. The van der Waals surface area contributed by atoms with Crippen LogP contribution in [0.2, 0.25) is 0 Å². The van der Waals surface area contributed by atoms with E-state index in [2.05, 4.69) is 21.8 Å². The van der Waals surface area contributed by atoms with E-state index in [0.29, 0.717) is 22.4 Å². The molecule has 6 rings (SSSR count). The molecule has 2 aliphatic rings. The highest BCUT2D eigenvalue weighted by atomic mass is 32.1. The minimum atomic E-state index is -3.11. The molecule has 4 aromatic rings. The van der Waals surface area contributed by atoms with Crippen molar-refractivity contribution in [1.29, 1.82) is 0 Å². The van der Waals surface area contributed by atoms with Gasteiger partial charge >= 0.3 is 6.61 Å². The van der Waals surface area contributed by atoms with E-state index in [-0.39, 0.29) is 23.3 Å². The summed E-state index contributed by atoms with van der Waals surface area (Å²) < 4.78 is 57.4. The van der Waals surface area contributed by atoms with Crippen LogP contribution < -0.4 is 4.74 Å². The molecule has 1 amide bonds. The fourth-order valence-electron chi connectivity index (χ4n) is 4.60. The summed E-state index contributed by atoms with van der Waals surface area (Å²) in [5.74, 6) is 5.58. The highest BCUT2D eigenvalue weighted by Crippen LogP contribution is 2.49. The maximum absolute atomic E-state index is 13.5. The second kappa shape index (κ2) is 7.39. The van der Waals surface area contributed by atoms with Crippen molar-refractivity contribution in [3.05, 3.63) is 75.5 Å². The van der Waals surface area contributed by atoms with Gasteiger partial charge in [-0.2, -0.15) is 8.78 Å². The van der Waals surface area contributed by atoms with Crippen molar-refractivity contribution in [1.82, 2.24) is 19.4 Å². The van der Waals surface area contributed by atoms with E-state index in [0.717, 1.165) is 9.78 Å². The Hall–Kier alpha value is -3.77. The maximum Gasteiger partial charge on any atom is 0.387 e. The molecule has 9 heteroatoms. The summed E-state index contributed by atoms with van der Waals surface area (Å²) in [5.41, 5.74) is 3.86. The molecule has 0 N–H and O–H groups in total. The van der Waals surface area contributed by atoms with Crippen LogP contribution in [0.4, 0.5) is 8.78 Å². The minimum absolute atomic E-state index is 0.0189. The van der Waals surface area contributed by atoms with E-state index in [9.17, 15) is 13.6 Å². The third kappa shape index (κ3) is 3.09. The number of amides is 1. The Bertz CT molecular complexity index is 1570. The lowest BCUT2D eigenvalue weighted by molar-refractivity contribution is -0.0507. The Kier molecular flexibility index (Phi) is 3.76. The molecule has 0 unspecified atom stereocenters. The minimum Gasteiger partial charge on any atom is -0.434 e. The van der Waals surface area contributed by atoms with Crippen LogP contribution >= 0.6 is 11.3 Å². The smallest absolute Gasteiger partial charge is 0.387 e. The number of benzene rings is 2. The Morgan fingerprint density at radius 2 is 2.18 bits per heavy atom. The lowest BCUT2D eigenvalue weighted by Crippen LogP contribution is -2.30. The molecule has 2 bridgehead atoms. The SMILES string of the molecule is [2H]C([2H])([2H])N1C(=O)c2cccc(OC(F)F)c2[C@H]2C[C@@H]1c1nc3ccc(C#Cc4cncs4)cc3n12. The highest BCUT2D eigenvalue weighted by Gasteiger charge is 2.44. The summed E-state index contributed by atoms with van der Waals surface area (Å²) in [5, 5.41) is 0. The summed E-state index contributed by atoms with van der Waals surface area (Å²) in [6.45, 7) is -5.88. The first kappa shape index (κ1) is 16.8. The zero-order valence-corrected chi connectivity index (χ0v) is 17.6. The number of ether oxygens (including phenoxy) is 1. The predicted molar refractivity (Wildman–Crippen MR) is 118 cm³/mol. The topological polar surface area (TPSA) is 60.3 Å². The summed E-state index contributed by atoms with van der Waals surface area (Å²) in [6, 6.07) is 8.10. The summed E-state index contributed by atoms with van der Waals surface area (Å²) in [7, 11) is 0. The van der Waals surface area contributed by atoms with Crippen LogP contribution in [0, 0.1) is 11.8 Å². The molecule has 2 aliphatic heterocycles. The van der Waals surface area contributed by atoms with Gasteiger partial charge in [-0.05, 0) is 36.3 Å². The van der Waals surface area contributed by atoms with Gasteiger partial charge in [0, 0.05) is 34.2 Å². The Labute approximate surface area is 195 Å². The fraction of sp³-hybridized carbons (Fsp3) is 0.208. The second-order valence-electron chi connectivity index (χ2n) is 7.70. The Balaban J connectivity index is 1.58. The molecule has 164 valence electrons. The van der Waals surface area contributed by atoms with Crippen molar-refractivity contribution in [3.8, 4) is 17.6 Å². The van der Waals surface area contributed by atoms with Crippen LogP contribution in [0.15, 0.2) is 48.1 Å². The predicted octanol–water partition coefficient (Wildman–Crippen LogP) is 4.61. The van der Waals surface area contributed by atoms with Crippen molar-refractivity contribution in [2.24, 2.45) is 0 Å². The summed E-state index contributed by atoms with van der Waals surface area (Å²) in [6.07, 6.45) is 1.83. The number of alkyl halides is 2. The van der Waals surface area contributed by atoms with E-state index in [4.69, 9.17) is 8.85 Å². The third-order valence-corrected chi connectivity index (χ3v) is 6.60. The number of nitrogens with zero attached hydrogens (tertiary/aromatic N) is 4. The number of imidazole rings is 1. The largest absolute Gasteiger partial charge is 0.434 e. The van der Waals surface area contributed by atoms with Crippen LogP contribution in [-0.2, 0) is 0 Å². The molecule has 0 saturated carbocycles. The lowest BCUT2D eigenvalue weighted by atomic mass is 9.97. The molecule has 2 atom stereocenters. The molecule has 33 heavy (non-hydrogen) atoms. The third-order valence-electron chi connectivity index (χ3n) is 5.91. The zero-order valence-electron chi connectivity index (χ0n) is 19.8. The van der Waals surface area contributed by atoms with E-state index >= 15 is 0 Å². The van der Waals surface area contributed by atoms with Crippen LogP contribution in [0.3, 0.4) is 0 Å². The molecule has 2 aromatic carbocycles. The van der Waals surface area contributed by atoms with Crippen LogP contribution in [0.1, 0.15) is 54.8 Å². The van der Waals surface area contributed by atoms with Crippen molar-refractivity contribution in [2.45, 2.75) is 25.1 Å². The molecular formula is C24H16F2N4O2S. The average molecular weight is 465 g/mol. The number of fused-ring (bicyclic) bond motifs is 9. The van der Waals surface area contributed by atoms with Crippen molar-refractivity contribution < 1.29 is 22.4 Å². The molecule has 0 aliphatic carbocycles. The van der Waals surface area contributed by atoms with Crippen LogP contribution in [0.25, 0.3) is 11.0 Å². The normalized spacial score (nSPS) is 20.4. The number of carbonyl (C=O) groups excluding carboxylic acids is 1. The van der Waals surface area contributed by atoms with Gasteiger partial charge in [0.1, 0.15) is 11.6 Å². The van der Waals surface area contributed by atoms with Gasteiger partial charge in [-0.3, -0.25) is 9.78 Å². The average Bonchev–Trinajstić information content (AvgIpc) is 3.51. The van der Waals surface area contributed by atoms with Gasteiger partial charge in [-0.1, -0.05) is 12.0 Å². The van der Waals surface area contributed by atoms with Crippen molar-refractivity contribution >= 4 is 28.3 Å².